The molecule has 5 rings (SSSR count). The number of furan rings is 1. The number of amides is 2. The molecule has 1 N–H and O–H groups in total. The van der Waals surface area contributed by atoms with E-state index in [0.717, 1.165) is 23.1 Å². The molecule has 0 fully saturated rings. The maximum absolute atomic E-state index is 12.9. The monoisotopic (exact) mass is 524 g/mol. The molecular weight excluding hydrogens is 492 g/mol. The molecule has 2 heterocycles. The van der Waals surface area contributed by atoms with Gasteiger partial charge < -0.3 is 24.1 Å². The molecule has 1 aromatic heterocycles. The van der Waals surface area contributed by atoms with Gasteiger partial charge in [0.25, 0.3) is 5.91 Å². The van der Waals surface area contributed by atoms with Crippen LogP contribution >= 0.6 is 0 Å². The molecule has 1 aliphatic heterocycles. The highest BCUT2D eigenvalue weighted by Gasteiger charge is 2.31. The average molecular weight is 525 g/mol. The van der Waals surface area contributed by atoms with E-state index in [1.54, 1.807) is 43.5 Å². The molecule has 1 atom stereocenters. The molecule has 200 valence electrons. The molecule has 0 aliphatic carbocycles. The van der Waals surface area contributed by atoms with Gasteiger partial charge >= 0.3 is 0 Å². The van der Waals surface area contributed by atoms with E-state index in [-0.39, 0.29) is 30.2 Å². The molecule has 39 heavy (non-hydrogen) atoms. The van der Waals surface area contributed by atoms with Crippen molar-refractivity contribution in [2.24, 2.45) is 0 Å². The highest BCUT2D eigenvalue weighted by atomic mass is 16.5. The summed E-state index contributed by atoms with van der Waals surface area (Å²) in [6, 6.07) is 24.7. The summed E-state index contributed by atoms with van der Waals surface area (Å²) in [4.78, 5) is 27.5. The maximum atomic E-state index is 12.9. The van der Waals surface area contributed by atoms with E-state index in [0.29, 0.717) is 35.9 Å². The zero-order valence-electron chi connectivity index (χ0n) is 22.4. The third-order valence-electron chi connectivity index (χ3n) is 6.94. The van der Waals surface area contributed by atoms with Crippen molar-refractivity contribution in [1.29, 1.82) is 0 Å². The van der Waals surface area contributed by atoms with Crippen LogP contribution in [0.1, 0.15) is 58.0 Å². The fourth-order valence-electron chi connectivity index (χ4n) is 4.95. The lowest BCUT2D eigenvalue weighted by molar-refractivity contribution is -0.132. The fourth-order valence-corrected chi connectivity index (χ4v) is 4.95. The number of carbonyl (C=O) groups is 2. The van der Waals surface area contributed by atoms with E-state index in [4.69, 9.17) is 13.9 Å². The Morgan fingerprint density at radius 2 is 1.79 bits per heavy atom. The number of fused-ring (bicyclic) bond motifs is 1. The number of aryl methyl sites for hydroxylation is 1. The molecule has 2 amide bonds. The summed E-state index contributed by atoms with van der Waals surface area (Å²) in [7, 11) is 1.59. The van der Waals surface area contributed by atoms with E-state index < -0.39 is 0 Å². The summed E-state index contributed by atoms with van der Waals surface area (Å²) in [6.45, 7) is 4.82. The van der Waals surface area contributed by atoms with Crippen molar-refractivity contribution in [3.05, 3.63) is 113 Å². The van der Waals surface area contributed by atoms with E-state index in [1.807, 2.05) is 30.0 Å². The van der Waals surface area contributed by atoms with Crippen LogP contribution in [0.25, 0.3) is 0 Å². The second-order valence-corrected chi connectivity index (χ2v) is 9.61. The van der Waals surface area contributed by atoms with Gasteiger partial charge in [0.05, 0.1) is 13.2 Å². The Labute approximate surface area is 228 Å². The molecule has 0 unspecified atom stereocenters. The van der Waals surface area contributed by atoms with Gasteiger partial charge in [-0.3, -0.25) is 9.59 Å². The van der Waals surface area contributed by atoms with Crippen LogP contribution < -0.4 is 14.8 Å². The van der Waals surface area contributed by atoms with Crippen LogP contribution in [0.4, 0.5) is 5.69 Å². The minimum atomic E-state index is -0.345. The Morgan fingerprint density at radius 3 is 2.54 bits per heavy atom. The highest BCUT2D eigenvalue weighted by Crippen LogP contribution is 2.38. The van der Waals surface area contributed by atoms with Gasteiger partial charge in [-0.15, -0.1) is 0 Å². The number of rotatable bonds is 8. The van der Waals surface area contributed by atoms with Gasteiger partial charge in [0.2, 0.25) is 5.91 Å². The Balaban J connectivity index is 1.31. The van der Waals surface area contributed by atoms with Gasteiger partial charge in [-0.2, -0.15) is 0 Å². The number of hydrogen-bond acceptors (Lipinski definition) is 5. The third-order valence-corrected chi connectivity index (χ3v) is 6.94. The standard InChI is InChI=1S/C32H32N2O5/c1-4-30(35)34-17-16-22-8-11-26(19-28(22)31(34)23-7-5-6-21(2)18-23)38-20-27-14-15-29(39-27)32(36)33-24-9-12-25(37-3)13-10-24/h5-15,18-19,31H,4,16-17,20H2,1-3H3,(H,33,36)/t31-/m1/s1. The van der Waals surface area contributed by atoms with Crippen LogP contribution in [-0.2, 0) is 17.8 Å². The predicted octanol–water partition coefficient (Wildman–Crippen LogP) is 6.31. The van der Waals surface area contributed by atoms with Gasteiger partial charge in [-0.25, -0.2) is 0 Å². The predicted molar refractivity (Wildman–Crippen MR) is 149 cm³/mol. The molecule has 7 heteroatoms. The largest absolute Gasteiger partial charge is 0.497 e. The van der Waals surface area contributed by atoms with Crippen LogP contribution in [0.15, 0.2) is 83.3 Å². The Morgan fingerprint density at radius 1 is 1.00 bits per heavy atom. The number of carbonyl (C=O) groups excluding carboxylic acids is 2. The van der Waals surface area contributed by atoms with Crippen molar-refractivity contribution < 1.29 is 23.5 Å². The normalized spacial score (nSPS) is 14.4. The van der Waals surface area contributed by atoms with Gasteiger partial charge in [0, 0.05) is 18.7 Å². The summed E-state index contributed by atoms with van der Waals surface area (Å²) in [5.41, 5.74) is 5.17. The summed E-state index contributed by atoms with van der Waals surface area (Å²) < 4.78 is 17.0. The second-order valence-electron chi connectivity index (χ2n) is 9.61. The molecule has 3 aromatic carbocycles. The first-order chi connectivity index (χ1) is 18.9. The average Bonchev–Trinajstić information content (AvgIpc) is 3.44. The molecule has 1 aliphatic rings. The summed E-state index contributed by atoms with van der Waals surface area (Å²) in [5, 5.41) is 2.81. The SMILES string of the molecule is CCC(=O)N1CCc2ccc(OCc3ccc(C(=O)Nc4ccc(OC)cc4)o3)cc2[C@H]1c1cccc(C)c1. The van der Waals surface area contributed by atoms with Crippen molar-refractivity contribution in [2.75, 3.05) is 19.0 Å². The molecule has 0 saturated carbocycles. The number of benzene rings is 3. The first-order valence-electron chi connectivity index (χ1n) is 13.1. The van der Waals surface area contributed by atoms with Gasteiger partial charge in [0.15, 0.2) is 5.76 Å². The van der Waals surface area contributed by atoms with Crippen LogP contribution in [-0.4, -0.2) is 30.4 Å². The van der Waals surface area contributed by atoms with E-state index in [1.165, 1.54) is 5.56 Å². The van der Waals surface area contributed by atoms with Crippen molar-refractivity contribution in [1.82, 2.24) is 4.90 Å². The molecule has 7 nitrogen and oxygen atoms in total. The second kappa shape index (κ2) is 11.5. The first kappa shape index (κ1) is 26.1. The molecular formula is C32H32N2O5. The minimum absolute atomic E-state index is 0.134. The van der Waals surface area contributed by atoms with Crippen LogP contribution in [0, 0.1) is 6.92 Å². The van der Waals surface area contributed by atoms with Crippen LogP contribution in [0.3, 0.4) is 0 Å². The van der Waals surface area contributed by atoms with Crippen molar-refractivity contribution in [2.45, 2.75) is 39.3 Å². The van der Waals surface area contributed by atoms with E-state index in [9.17, 15) is 9.59 Å². The van der Waals surface area contributed by atoms with E-state index in [2.05, 4.69) is 36.5 Å². The first-order valence-corrected chi connectivity index (χ1v) is 13.1. The molecule has 0 bridgehead atoms. The number of nitrogens with one attached hydrogen (secondary N) is 1. The van der Waals surface area contributed by atoms with Gasteiger partial charge in [-0.1, -0.05) is 42.8 Å². The summed E-state index contributed by atoms with van der Waals surface area (Å²) >= 11 is 0. The smallest absolute Gasteiger partial charge is 0.291 e. The highest BCUT2D eigenvalue weighted by molar-refractivity contribution is 6.02. The lowest BCUT2D eigenvalue weighted by atomic mass is 9.87. The van der Waals surface area contributed by atoms with Crippen LogP contribution in [0.5, 0.6) is 11.5 Å². The lowest BCUT2D eigenvalue weighted by Crippen LogP contribution is -2.40. The number of anilines is 1. The quantitative estimate of drug-likeness (QED) is 0.292. The Kier molecular flexibility index (Phi) is 7.68. The number of nitrogens with zero attached hydrogens (tertiary/aromatic N) is 1. The van der Waals surface area contributed by atoms with E-state index >= 15 is 0 Å². The third kappa shape index (κ3) is 5.82. The minimum Gasteiger partial charge on any atom is -0.497 e. The Hall–Kier alpha value is -4.52. The summed E-state index contributed by atoms with van der Waals surface area (Å²) in [5.74, 6) is 1.91. The maximum Gasteiger partial charge on any atom is 0.291 e. The number of methoxy groups -OCH3 is 1. The molecule has 0 spiro atoms. The molecule has 0 radical (unpaired) electrons. The molecule has 0 saturated heterocycles. The number of ether oxygens (including phenoxy) is 2. The Bertz CT molecular complexity index is 1470. The van der Waals surface area contributed by atoms with Crippen molar-refractivity contribution in [3.8, 4) is 11.5 Å². The van der Waals surface area contributed by atoms with Gasteiger partial charge in [-0.05, 0) is 78.6 Å². The van der Waals surface area contributed by atoms with Crippen molar-refractivity contribution in [3.63, 3.8) is 0 Å². The zero-order chi connectivity index (χ0) is 27.4. The fraction of sp³-hybridized carbons (Fsp3) is 0.250. The zero-order valence-corrected chi connectivity index (χ0v) is 22.4. The van der Waals surface area contributed by atoms with Gasteiger partial charge in [0.1, 0.15) is 23.9 Å². The van der Waals surface area contributed by atoms with Crippen molar-refractivity contribution >= 4 is 17.5 Å². The topological polar surface area (TPSA) is 81.0 Å². The molecule has 4 aromatic rings. The number of hydrogen-bond donors (Lipinski definition) is 1. The summed E-state index contributed by atoms with van der Waals surface area (Å²) in [6.07, 6.45) is 1.26. The van der Waals surface area contributed by atoms with Crippen LogP contribution in [0.2, 0.25) is 0 Å². The lowest BCUT2D eigenvalue weighted by Gasteiger charge is -2.38.